The SMILES string of the molecule is O=C(CN1CCCCCCC1)c1ccc2c(c1)CCC2. The molecule has 3 rings (SSSR count). The Balaban J connectivity index is 1.63. The minimum absolute atomic E-state index is 0.306. The van der Waals surface area contributed by atoms with Gasteiger partial charge in [-0.25, -0.2) is 0 Å². The molecule has 1 aromatic carbocycles. The van der Waals surface area contributed by atoms with Crippen molar-refractivity contribution in [2.75, 3.05) is 19.6 Å². The zero-order valence-electron chi connectivity index (χ0n) is 12.4. The van der Waals surface area contributed by atoms with Gasteiger partial charge in [0, 0.05) is 5.56 Å². The van der Waals surface area contributed by atoms with Crippen molar-refractivity contribution < 1.29 is 4.79 Å². The van der Waals surface area contributed by atoms with Crippen LogP contribution in [0.15, 0.2) is 18.2 Å². The Morgan fingerprint density at radius 1 is 0.900 bits per heavy atom. The largest absolute Gasteiger partial charge is 0.296 e. The highest BCUT2D eigenvalue weighted by Gasteiger charge is 2.16. The van der Waals surface area contributed by atoms with E-state index in [1.807, 2.05) is 6.07 Å². The number of hydrogen-bond acceptors (Lipinski definition) is 2. The van der Waals surface area contributed by atoms with Gasteiger partial charge in [-0.15, -0.1) is 0 Å². The summed E-state index contributed by atoms with van der Waals surface area (Å²) in [7, 11) is 0. The topological polar surface area (TPSA) is 20.3 Å². The summed E-state index contributed by atoms with van der Waals surface area (Å²) in [5, 5.41) is 0. The zero-order valence-corrected chi connectivity index (χ0v) is 12.4. The van der Waals surface area contributed by atoms with Crippen LogP contribution >= 0.6 is 0 Å². The summed E-state index contributed by atoms with van der Waals surface area (Å²) in [5.41, 5.74) is 3.78. The number of carbonyl (C=O) groups excluding carboxylic acids is 1. The lowest BCUT2D eigenvalue weighted by atomic mass is 10.0. The maximum Gasteiger partial charge on any atom is 0.176 e. The molecule has 0 spiro atoms. The van der Waals surface area contributed by atoms with E-state index in [9.17, 15) is 4.79 Å². The van der Waals surface area contributed by atoms with Gasteiger partial charge < -0.3 is 0 Å². The molecular weight excluding hydrogens is 246 g/mol. The summed E-state index contributed by atoms with van der Waals surface area (Å²) < 4.78 is 0. The van der Waals surface area contributed by atoms with Crippen LogP contribution in [-0.2, 0) is 12.8 Å². The fraction of sp³-hybridized carbons (Fsp3) is 0.611. The number of nitrogens with zero attached hydrogens (tertiary/aromatic N) is 1. The number of fused-ring (bicyclic) bond motifs is 1. The third-order valence-electron chi connectivity index (χ3n) is 4.74. The van der Waals surface area contributed by atoms with Gasteiger partial charge in [0.05, 0.1) is 6.54 Å². The van der Waals surface area contributed by atoms with E-state index < -0.39 is 0 Å². The van der Waals surface area contributed by atoms with Gasteiger partial charge in [0.1, 0.15) is 0 Å². The van der Waals surface area contributed by atoms with Crippen molar-refractivity contribution in [1.29, 1.82) is 0 Å². The molecule has 0 radical (unpaired) electrons. The molecule has 0 aromatic heterocycles. The smallest absolute Gasteiger partial charge is 0.176 e. The van der Waals surface area contributed by atoms with Crippen molar-refractivity contribution in [3.63, 3.8) is 0 Å². The first kappa shape index (κ1) is 13.8. The molecule has 0 atom stereocenters. The zero-order chi connectivity index (χ0) is 13.8. The fourth-order valence-electron chi connectivity index (χ4n) is 3.51. The van der Waals surface area contributed by atoms with Crippen molar-refractivity contribution in [1.82, 2.24) is 4.90 Å². The molecule has 0 N–H and O–H groups in total. The van der Waals surface area contributed by atoms with Crippen LogP contribution in [0.25, 0.3) is 0 Å². The molecule has 0 bridgehead atoms. The molecule has 0 unspecified atom stereocenters. The Bertz CT molecular complexity index is 472. The van der Waals surface area contributed by atoms with Gasteiger partial charge in [-0.1, -0.05) is 31.4 Å². The van der Waals surface area contributed by atoms with Gasteiger partial charge in [0.2, 0.25) is 0 Å². The minimum Gasteiger partial charge on any atom is -0.296 e. The molecule has 0 saturated carbocycles. The lowest BCUT2D eigenvalue weighted by Gasteiger charge is -2.23. The van der Waals surface area contributed by atoms with E-state index in [2.05, 4.69) is 17.0 Å². The van der Waals surface area contributed by atoms with E-state index in [0.717, 1.165) is 25.1 Å². The van der Waals surface area contributed by atoms with E-state index in [-0.39, 0.29) is 0 Å². The number of carbonyl (C=O) groups is 1. The first-order valence-corrected chi connectivity index (χ1v) is 8.20. The predicted molar refractivity (Wildman–Crippen MR) is 82.3 cm³/mol. The second-order valence-electron chi connectivity index (χ2n) is 6.30. The average molecular weight is 271 g/mol. The monoisotopic (exact) mass is 271 g/mol. The first-order valence-electron chi connectivity index (χ1n) is 8.20. The highest BCUT2D eigenvalue weighted by atomic mass is 16.1. The maximum absolute atomic E-state index is 12.5. The summed E-state index contributed by atoms with van der Waals surface area (Å²) in [5.74, 6) is 0.306. The molecule has 0 amide bonds. The molecule has 2 nitrogen and oxygen atoms in total. The lowest BCUT2D eigenvalue weighted by Crippen LogP contribution is -2.32. The van der Waals surface area contributed by atoms with Crippen LogP contribution in [0.1, 0.15) is 60.0 Å². The molecule has 1 aromatic rings. The number of ketones is 1. The molecule has 1 aliphatic heterocycles. The fourth-order valence-corrected chi connectivity index (χ4v) is 3.51. The quantitative estimate of drug-likeness (QED) is 0.783. The molecule has 1 aliphatic carbocycles. The minimum atomic E-state index is 0.306. The Kier molecular flexibility index (Phi) is 4.51. The summed E-state index contributed by atoms with van der Waals surface area (Å²) in [4.78, 5) is 14.8. The van der Waals surface area contributed by atoms with Crippen LogP contribution in [-0.4, -0.2) is 30.3 Å². The van der Waals surface area contributed by atoms with Crippen LogP contribution in [0, 0.1) is 0 Å². The molecule has 1 fully saturated rings. The van der Waals surface area contributed by atoms with Gasteiger partial charge in [0.25, 0.3) is 0 Å². The standard InChI is InChI=1S/C18H25NO/c20-18(14-19-11-4-2-1-3-5-12-19)17-10-9-15-7-6-8-16(15)13-17/h9-10,13H,1-8,11-12,14H2. The van der Waals surface area contributed by atoms with E-state index in [1.165, 1.54) is 56.1 Å². The number of benzene rings is 1. The van der Waals surface area contributed by atoms with E-state index in [1.54, 1.807) is 0 Å². The molecule has 2 heteroatoms. The van der Waals surface area contributed by atoms with E-state index >= 15 is 0 Å². The average Bonchev–Trinajstić information content (AvgIpc) is 2.88. The van der Waals surface area contributed by atoms with Gasteiger partial charge in [0.15, 0.2) is 5.78 Å². The number of aryl methyl sites for hydroxylation is 2. The Morgan fingerprint density at radius 2 is 1.60 bits per heavy atom. The van der Waals surface area contributed by atoms with Crippen molar-refractivity contribution in [2.24, 2.45) is 0 Å². The van der Waals surface area contributed by atoms with Crippen molar-refractivity contribution >= 4 is 5.78 Å². The molecule has 20 heavy (non-hydrogen) atoms. The third kappa shape index (κ3) is 3.29. The Morgan fingerprint density at radius 3 is 2.40 bits per heavy atom. The Labute approximate surface area is 122 Å². The van der Waals surface area contributed by atoms with Gasteiger partial charge in [-0.3, -0.25) is 9.69 Å². The molecule has 108 valence electrons. The van der Waals surface area contributed by atoms with E-state index in [4.69, 9.17) is 0 Å². The third-order valence-corrected chi connectivity index (χ3v) is 4.74. The Hall–Kier alpha value is -1.15. The molecule has 1 saturated heterocycles. The number of Topliss-reactive ketones (excluding diaryl/α,β-unsaturated/α-hetero) is 1. The van der Waals surface area contributed by atoms with Gasteiger partial charge in [-0.05, 0) is 62.4 Å². The second-order valence-corrected chi connectivity index (χ2v) is 6.30. The van der Waals surface area contributed by atoms with Gasteiger partial charge >= 0.3 is 0 Å². The summed E-state index contributed by atoms with van der Waals surface area (Å²) in [6.45, 7) is 2.80. The molecule has 2 aliphatic rings. The summed E-state index contributed by atoms with van der Waals surface area (Å²) >= 11 is 0. The van der Waals surface area contributed by atoms with E-state index in [0.29, 0.717) is 12.3 Å². The van der Waals surface area contributed by atoms with Crippen LogP contribution < -0.4 is 0 Å². The van der Waals surface area contributed by atoms with Crippen LogP contribution in [0.5, 0.6) is 0 Å². The number of likely N-dealkylation sites (tertiary alicyclic amines) is 1. The normalized spacial score (nSPS) is 20.2. The van der Waals surface area contributed by atoms with Crippen LogP contribution in [0.4, 0.5) is 0 Å². The summed E-state index contributed by atoms with van der Waals surface area (Å²) in [6, 6.07) is 6.36. The first-order chi connectivity index (χ1) is 9.83. The molecular formula is C18H25NO. The second kappa shape index (κ2) is 6.53. The van der Waals surface area contributed by atoms with Crippen LogP contribution in [0.3, 0.4) is 0 Å². The van der Waals surface area contributed by atoms with Crippen molar-refractivity contribution in [3.8, 4) is 0 Å². The van der Waals surface area contributed by atoms with Crippen molar-refractivity contribution in [2.45, 2.75) is 51.4 Å². The summed E-state index contributed by atoms with van der Waals surface area (Å²) in [6.07, 6.45) is 10.1. The maximum atomic E-state index is 12.5. The van der Waals surface area contributed by atoms with Crippen molar-refractivity contribution in [3.05, 3.63) is 34.9 Å². The lowest BCUT2D eigenvalue weighted by molar-refractivity contribution is 0.0924. The van der Waals surface area contributed by atoms with Crippen LogP contribution in [0.2, 0.25) is 0 Å². The number of hydrogen-bond donors (Lipinski definition) is 0. The molecule has 1 heterocycles. The highest BCUT2D eigenvalue weighted by Crippen LogP contribution is 2.23. The van der Waals surface area contributed by atoms with Gasteiger partial charge in [-0.2, -0.15) is 0 Å². The number of rotatable bonds is 3. The predicted octanol–water partition coefficient (Wildman–Crippen LogP) is 3.62. The highest BCUT2D eigenvalue weighted by molar-refractivity contribution is 5.97.